The molecular formula is C30H34N4O5S. The van der Waals surface area contributed by atoms with E-state index < -0.39 is 16.9 Å². The number of allylic oxidation sites excluding steroid dienone is 1. The molecule has 0 saturated carbocycles. The fraction of sp³-hybridized carbons (Fsp3) is 0.367. The molecule has 9 nitrogen and oxygen atoms in total. The zero-order valence-corrected chi connectivity index (χ0v) is 24.4. The van der Waals surface area contributed by atoms with Crippen molar-refractivity contribution in [3.63, 3.8) is 0 Å². The van der Waals surface area contributed by atoms with Crippen molar-refractivity contribution in [2.24, 2.45) is 4.99 Å². The highest BCUT2D eigenvalue weighted by Gasteiger charge is 2.33. The zero-order chi connectivity index (χ0) is 29.1. The third-order valence-electron chi connectivity index (χ3n) is 7.03. The summed E-state index contributed by atoms with van der Waals surface area (Å²) in [5, 5.41) is 11.9. The van der Waals surface area contributed by atoms with Gasteiger partial charge in [0.15, 0.2) is 4.80 Å². The molecule has 10 heteroatoms. The summed E-state index contributed by atoms with van der Waals surface area (Å²) >= 11 is 1.19. The van der Waals surface area contributed by atoms with Crippen molar-refractivity contribution < 1.29 is 14.5 Å². The van der Waals surface area contributed by atoms with Gasteiger partial charge in [-0.3, -0.25) is 19.5 Å². The maximum absolute atomic E-state index is 13.9. The van der Waals surface area contributed by atoms with Gasteiger partial charge in [-0.15, -0.1) is 0 Å². The average Bonchev–Trinajstić information content (AvgIpc) is 3.23. The molecule has 2 aromatic carbocycles. The molecule has 2 heterocycles. The molecule has 40 heavy (non-hydrogen) atoms. The van der Waals surface area contributed by atoms with E-state index in [2.05, 4.69) is 18.8 Å². The summed E-state index contributed by atoms with van der Waals surface area (Å²) in [4.78, 5) is 45.4. The zero-order valence-electron chi connectivity index (χ0n) is 23.6. The van der Waals surface area contributed by atoms with Crippen molar-refractivity contribution in [1.29, 1.82) is 0 Å². The van der Waals surface area contributed by atoms with Crippen LogP contribution < -0.4 is 19.8 Å². The van der Waals surface area contributed by atoms with Crippen LogP contribution in [0.4, 0.5) is 11.4 Å². The van der Waals surface area contributed by atoms with Crippen LogP contribution in [0.1, 0.15) is 70.2 Å². The number of rotatable bonds is 9. The van der Waals surface area contributed by atoms with Crippen LogP contribution >= 0.6 is 11.3 Å². The van der Waals surface area contributed by atoms with Gasteiger partial charge in [0.25, 0.3) is 11.2 Å². The second kappa shape index (κ2) is 12.0. The second-order valence-electron chi connectivity index (χ2n) is 9.80. The summed E-state index contributed by atoms with van der Waals surface area (Å²) in [5.41, 5.74) is 3.44. The Kier molecular flexibility index (Phi) is 8.68. The molecule has 210 valence electrons. The lowest BCUT2D eigenvalue weighted by molar-refractivity contribution is -0.384. The Morgan fingerprint density at radius 1 is 1.18 bits per heavy atom. The summed E-state index contributed by atoms with van der Waals surface area (Å²) in [7, 11) is 0. The van der Waals surface area contributed by atoms with Gasteiger partial charge in [0.05, 0.1) is 33.4 Å². The van der Waals surface area contributed by atoms with E-state index in [1.807, 2.05) is 43.0 Å². The Bertz CT molecular complexity index is 1650. The van der Waals surface area contributed by atoms with Gasteiger partial charge < -0.3 is 9.64 Å². The highest BCUT2D eigenvalue weighted by atomic mass is 32.1. The third-order valence-corrected chi connectivity index (χ3v) is 8.02. The van der Waals surface area contributed by atoms with Crippen molar-refractivity contribution in [3.05, 3.63) is 100 Å². The van der Waals surface area contributed by atoms with E-state index in [1.165, 1.54) is 22.0 Å². The van der Waals surface area contributed by atoms with Crippen molar-refractivity contribution >= 4 is 34.8 Å². The summed E-state index contributed by atoms with van der Waals surface area (Å²) in [6, 6.07) is 12.2. The smallest absolute Gasteiger partial charge is 0.338 e. The molecule has 0 spiro atoms. The van der Waals surface area contributed by atoms with E-state index in [4.69, 9.17) is 4.74 Å². The van der Waals surface area contributed by atoms with Crippen LogP contribution in [0.3, 0.4) is 0 Å². The van der Waals surface area contributed by atoms with Gasteiger partial charge in [-0.1, -0.05) is 55.5 Å². The Labute approximate surface area is 236 Å². The van der Waals surface area contributed by atoms with Crippen molar-refractivity contribution in [2.45, 2.75) is 53.5 Å². The Morgan fingerprint density at radius 3 is 2.42 bits per heavy atom. The maximum atomic E-state index is 13.9. The molecule has 0 N–H and O–H groups in total. The molecule has 0 saturated heterocycles. The van der Waals surface area contributed by atoms with E-state index >= 15 is 0 Å². The number of benzene rings is 2. The van der Waals surface area contributed by atoms with Gasteiger partial charge in [0, 0.05) is 19.2 Å². The molecular weight excluding hydrogens is 528 g/mol. The molecule has 3 aromatic rings. The first-order valence-electron chi connectivity index (χ1n) is 13.4. The average molecular weight is 563 g/mol. The molecule has 1 aliphatic heterocycles. The van der Waals surface area contributed by atoms with E-state index in [0.717, 1.165) is 11.1 Å². The summed E-state index contributed by atoms with van der Waals surface area (Å²) < 4.78 is 7.26. The van der Waals surface area contributed by atoms with Crippen LogP contribution in [-0.4, -0.2) is 35.2 Å². The summed E-state index contributed by atoms with van der Waals surface area (Å²) in [5.74, 6) is -0.186. The number of thiazole rings is 1. The predicted molar refractivity (Wildman–Crippen MR) is 158 cm³/mol. The van der Waals surface area contributed by atoms with Gasteiger partial charge in [0.2, 0.25) is 0 Å². The first-order chi connectivity index (χ1) is 19.1. The Morgan fingerprint density at radius 2 is 1.85 bits per heavy atom. The van der Waals surface area contributed by atoms with Gasteiger partial charge in [-0.25, -0.2) is 9.79 Å². The normalized spacial score (nSPS) is 15.2. The number of ether oxygens (including phenoxy) is 1. The largest absolute Gasteiger partial charge is 0.463 e. The fourth-order valence-electron chi connectivity index (χ4n) is 4.93. The summed E-state index contributed by atoms with van der Waals surface area (Å²) in [6.45, 7) is 13.0. The number of esters is 1. The first-order valence-corrected chi connectivity index (χ1v) is 14.3. The number of fused-ring (bicyclic) bond motifs is 1. The standard InChI is InChI=1S/C30H34N4O5S/c1-7-32(8-2)23-15-10-20(16-24(23)34(37)38)17-25-28(35)33-27(22-13-11-21(12-14-22)18(4)5)26(29(36)39-9-3)19(6)31-30(33)40-25/h10-18,27H,7-9H2,1-6H3. The van der Waals surface area contributed by atoms with Crippen LogP contribution in [0.5, 0.6) is 0 Å². The van der Waals surface area contributed by atoms with Crippen LogP contribution in [0.25, 0.3) is 6.08 Å². The van der Waals surface area contributed by atoms with Crippen LogP contribution in [0.15, 0.2) is 63.5 Å². The van der Waals surface area contributed by atoms with E-state index in [-0.39, 0.29) is 17.9 Å². The monoisotopic (exact) mass is 562 g/mol. The lowest BCUT2D eigenvalue weighted by Crippen LogP contribution is -2.39. The number of nitro benzene ring substituents is 1. The number of nitrogens with zero attached hydrogens (tertiary/aromatic N) is 4. The second-order valence-corrected chi connectivity index (χ2v) is 10.8. The number of anilines is 1. The molecule has 4 rings (SSSR count). The summed E-state index contributed by atoms with van der Waals surface area (Å²) in [6.07, 6.45) is 1.64. The molecule has 0 radical (unpaired) electrons. The van der Waals surface area contributed by atoms with E-state index in [9.17, 15) is 19.7 Å². The van der Waals surface area contributed by atoms with Gasteiger partial charge in [0.1, 0.15) is 5.69 Å². The number of carbonyl (C=O) groups excluding carboxylic acids is 1. The highest BCUT2D eigenvalue weighted by Crippen LogP contribution is 2.32. The molecule has 0 aliphatic carbocycles. The molecule has 0 bridgehead atoms. The minimum absolute atomic E-state index is 0.0196. The number of hydrogen-bond acceptors (Lipinski definition) is 8. The van der Waals surface area contributed by atoms with Gasteiger partial charge in [-0.2, -0.15) is 0 Å². The fourth-order valence-corrected chi connectivity index (χ4v) is 5.98. The molecule has 1 aliphatic rings. The topological polar surface area (TPSA) is 107 Å². The van der Waals surface area contributed by atoms with E-state index in [1.54, 1.807) is 32.1 Å². The third kappa shape index (κ3) is 5.49. The van der Waals surface area contributed by atoms with Crippen LogP contribution in [-0.2, 0) is 9.53 Å². The predicted octanol–water partition coefficient (Wildman–Crippen LogP) is 4.68. The van der Waals surface area contributed by atoms with Crippen LogP contribution in [0, 0.1) is 10.1 Å². The lowest BCUT2D eigenvalue weighted by atomic mass is 9.93. The van der Waals surface area contributed by atoms with E-state index in [0.29, 0.717) is 50.9 Å². The minimum atomic E-state index is -0.710. The number of nitro groups is 1. The minimum Gasteiger partial charge on any atom is -0.463 e. The Hall–Kier alpha value is -4.05. The molecule has 1 unspecified atom stereocenters. The van der Waals surface area contributed by atoms with Crippen molar-refractivity contribution in [2.75, 3.05) is 24.6 Å². The number of hydrogen-bond donors (Lipinski definition) is 0. The van der Waals surface area contributed by atoms with Crippen molar-refractivity contribution in [1.82, 2.24) is 4.57 Å². The van der Waals surface area contributed by atoms with Crippen molar-refractivity contribution in [3.8, 4) is 0 Å². The van der Waals surface area contributed by atoms with Crippen LogP contribution in [0.2, 0.25) is 0 Å². The molecule has 0 fully saturated rings. The number of carbonyl (C=O) groups is 1. The maximum Gasteiger partial charge on any atom is 0.338 e. The van der Waals surface area contributed by atoms with Gasteiger partial charge in [-0.05, 0) is 62.4 Å². The van der Waals surface area contributed by atoms with Gasteiger partial charge >= 0.3 is 5.97 Å². The molecule has 1 aromatic heterocycles. The SMILES string of the molecule is CCOC(=O)C1=C(C)N=c2sc(=Cc3ccc(N(CC)CC)c([N+](=O)[O-])c3)c(=O)n2C1c1ccc(C(C)C)cc1. The molecule has 1 atom stereocenters. The number of aromatic nitrogens is 1. The first kappa shape index (κ1) is 28.9. The molecule has 0 amide bonds. The quantitative estimate of drug-likeness (QED) is 0.213. The lowest BCUT2D eigenvalue weighted by Gasteiger charge is -2.25. The highest BCUT2D eigenvalue weighted by molar-refractivity contribution is 7.07. The Balaban J connectivity index is 1.90.